The fourth-order valence-corrected chi connectivity index (χ4v) is 5.57. The summed E-state index contributed by atoms with van der Waals surface area (Å²) in [7, 11) is 2.17. The van der Waals surface area contributed by atoms with Crippen molar-refractivity contribution in [2.45, 2.75) is 51.7 Å². The van der Waals surface area contributed by atoms with Gasteiger partial charge in [-0.15, -0.1) is 0 Å². The Morgan fingerprint density at radius 3 is 2.50 bits per heavy atom. The zero-order valence-corrected chi connectivity index (χ0v) is 21.4. The van der Waals surface area contributed by atoms with Gasteiger partial charge in [0.05, 0.1) is 23.3 Å². The Kier molecular flexibility index (Phi) is 5.68. The maximum atomic E-state index is 5.90. The first-order valence-electron chi connectivity index (χ1n) is 12.0. The number of hydrogen-bond donors (Lipinski definition) is 1. The van der Waals surface area contributed by atoms with Gasteiger partial charge in [-0.05, 0) is 92.5 Å². The highest BCUT2D eigenvalue weighted by Crippen LogP contribution is 2.45. The largest absolute Gasteiger partial charge is 0.366 e. The van der Waals surface area contributed by atoms with Crippen LogP contribution in [0.15, 0.2) is 72.9 Å². The molecule has 1 aromatic heterocycles. The van der Waals surface area contributed by atoms with Gasteiger partial charge in [0.1, 0.15) is 0 Å². The van der Waals surface area contributed by atoms with E-state index < -0.39 is 0 Å². The molecule has 34 heavy (non-hydrogen) atoms. The Morgan fingerprint density at radius 2 is 1.82 bits per heavy atom. The molecule has 0 amide bonds. The Labute approximate surface area is 208 Å². The van der Waals surface area contributed by atoms with Crippen LogP contribution in [-0.4, -0.2) is 22.7 Å². The molecule has 0 spiro atoms. The van der Waals surface area contributed by atoms with Crippen molar-refractivity contribution < 1.29 is 0 Å². The number of nitrogens with zero attached hydrogens (tertiary/aromatic N) is 3. The molecule has 3 aromatic rings. The number of thiocarbonyl (C=S) groups is 1. The van der Waals surface area contributed by atoms with Crippen molar-refractivity contribution in [3.8, 4) is 0 Å². The Morgan fingerprint density at radius 1 is 1.06 bits per heavy atom. The fraction of sp³-hybridized carbons (Fsp3) is 0.310. The molecule has 0 aliphatic carbocycles. The average Bonchev–Trinajstić information content (AvgIpc) is 3.19. The maximum Gasteiger partial charge on any atom is 0.174 e. The molecule has 2 aliphatic heterocycles. The van der Waals surface area contributed by atoms with Crippen LogP contribution in [0.2, 0.25) is 0 Å². The topological polar surface area (TPSA) is 31.4 Å². The monoisotopic (exact) mass is 468 g/mol. The van der Waals surface area contributed by atoms with Crippen LogP contribution in [0.3, 0.4) is 0 Å². The van der Waals surface area contributed by atoms with Crippen LogP contribution in [-0.2, 0) is 6.42 Å². The average molecular weight is 469 g/mol. The quantitative estimate of drug-likeness (QED) is 0.445. The van der Waals surface area contributed by atoms with Crippen LogP contribution in [0.25, 0.3) is 5.57 Å². The highest BCUT2D eigenvalue weighted by atomic mass is 32.1. The number of nitrogens with one attached hydrogen (secondary N) is 1. The summed E-state index contributed by atoms with van der Waals surface area (Å²) in [6.07, 6.45) is 5.23. The van der Waals surface area contributed by atoms with E-state index in [4.69, 9.17) is 17.2 Å². The summed E-state index contributed by atoms with van der Waals surface area (Å²) in [5.41, 5.74) is 8.46. The predicted octanol–water partition coefficient (Wildman–Crippen LogP) is 6.45. The summed E-state index contributed by atoms with van der Waals surface area (Å²) < 4.78 is 0. The predicted molar refractivity (Wildman–Crippen MR) is 146 cm³/mol. The molecular weight excluding hydrogens is 436 g/mol. The van der Waals surface area contributed by atoms with Crippen molar-refractivity contribution in [3.05, 3.63) is 95.3 Å². The maximum absolute atomic E-state index is 5.90. The van der Waals surface area contributed by atoms with E-state index in [1.54, 1.807) is 0 Å². The van der Waals surface area contributed by atoms with E-state index in [2.05, 4.69) is 104 Å². The Balaban J connectivity index is 1.64. The zero-order chi connectivity index (χ0) is 24.0. The van der Waals surface area contributed by atoms with Crippen molar-refractivity contribution in [3.63, 3.8) is 0 Å². The second-order valence-electron chi connectivity index (χ2n) is 9.83. The molecule has 2 aromatic carbocycles. The van der Waals surface area contributed by atoms with E-state index in [1.165, 1.54) is 28.0 Å². The van der Waals surface area contributed by atoms with Gasteiger partial charge in [0.25, 0.3) is 0 Å². The van der Waals surface area contributed by atoms with E-state index >= 15 is 0 Å². The summed E-state index contributed by atoms with van der Waals surface area (Å²) in [4.78, 5) is 9.30. The first-order chi connectivity index (χ1) is 16.3. The number of anilines is 2. The van der Waals surface area contributed by atoms with Gasteiger partial charge in [0.15, 0.2) is 5.11 Å². The second-order valence-corrected chi connectivity index (χ2v) is 10.2. The summed E-state index contributed by atoms with van der Waals surface area (Å²) >= 11 is 5.90. The number of likely N-dealkylation sites (N-methyl/N-ethyl adjacent to an activating group) is 1. The number of aromatic nitrogens is 1. The molecular formula is C29H32N4S. The number of rotatable bonds is 4. The molecule has 3 heterocycles. The Hall–Kier alpha value is -3.18. The summed E-state index contributed by atoms with van der Waals surface area (Å²) in [5.74, 6) is 0. The first kappa shape index (κ1) is 22.6. The molecule has 2 unspecified atom stereocenters. The molecule has 0 radical (unpaired) electrons. The minimum atomic E-state index is -0.0420. The van der Waals surface area contributed by atoms with Crippen LogP contribution >= 0.6 is 12.2 Å². The third kappa shape index (κ3) is 3.78. The number of aryl methyl sites for hydroxylation is 1. The van der Waals surface area contributed by atoms with Gasteiger partial charge < -0.3 is 15.1 Å². The van der Waals surface area contributed by atoms with Gasteiger partial charge in [-0.2, -0.15) is 0 Å². The zero-order valence-electron chi connectivity index (χ0n) is 20.5. The summed E-state index contributed by atoms with van der Waals surface area (Å²) in [6.45, 7) is 8.90. The van der Waals surface area contributed by atoms with Gasteiger partial charge in [0.2, 0.25) is 0 Å². The molecule has 0 bridgehead atoms. The van der Waals surface area contributed by atoms with E-state index in [0.717, 1.165) is 22.9 Å². The van der Waals surface area contributed by atoms with Crippen molar-refractivity contribution >= 4 is 34.3 Å². The lowest BCUT2D eigenvalue weighted by Gasteiger charge is -2.41. The van der Waals surface area contributed by atoms with Crippen molar-refractivity contribution in [2.24, 2.45) is 0 Å². The number of fused-ring (bicyclic) bond motifs is 1. The lowest BCUT2D eigenvalue weighted by molar-refractivity contribution is 0.566. The fourth-order valence-electron chi connectivity index (χ4n) is 5.22. The molecule has 1 fully saturated rings. The molecule has 5 rings (SSSR count). The highest BCUT2D eigenvalue weighted by Gasteiger charge is 2.41. The SMILES string of the molecule is CCc1ccc(N2C(=S)NC(c3ccccn3)C2c2ccc3c(c2)C(C)=CC(C)(C)N3C)cc1. The number of benzene rings is 2. The van der Waals surface area contributed by atoms with Gasteiger partial charge in [-0.3, -0.25) is 4.98 Å². The molecule has 1 N–H and O–H groups in total. The molecule has 4 nitrogen and oxygen atoms in total. The molecule has 174 valence electrons. The smallest absolute Gasteiger partial charge is 0.174 e. The van der Waals surface area contributed by atoms with Gasteiger partial charge in [0, 0.05) is 30.2 Å². The van der Waals surface area contributed by atoms with Crippen LogP contribution < -0.4 is 15.1 Å². The van der Waals surface area contributed by atoms with E-state index in [-0.39, 0.29) is 17.6 Å². The second kappa shape index (κ2) is 8.55. The Bertz CT molecular complexity index is 1250. The van der Waals surface area contributed by atoms with Gasteiger partial charge in [-0.25, -0.2) is 0 Å². The third-order valence-corrected chi connectivity index (χ3v) is 7.62. The van der Waals surface area contributed by atoms with Crippen LogP contribution in [0.5, 0.6) is 0 Å². The minimum absolute atomic E-state index is 0.00628. The van der Waals surface area contributed by atoms with Gasteiger partial charge in [-0.1, -0.05) is 37.3 Å². The summed E-state index contributed by atoms with van der Waals surface area (Å²) in [5, 5.41) is 4.31. The van der Waals surface area contributed by atoms with Crippen molar-refractivity contribution in [1.29, 1.82) is 0 Å². The normalized spacial score (nSPS) is 21.2. The van der Waals surface area contributed by atoms with E-state index in [0.29, 0.717) is 0 Å². The first-order valence-corrected chi connectivity index (χ1v) is 12.4. The molecule has 5 heteroatoms. The molecule has 0 saturated carbocycles. The van der Waals surface area contributed by atoms with E-state index in [9.17, 15) is 0 Å². The molecule has 1 saturated heterocycles. The van der Waals surface area contributed by atoms with E-state index in [1.807, 2.05) is 18.3 Å². The van der Waals surface area contributed by atoms with Crippen molar-refractivity contribution in [1.82, 2.24) is 10.3 Å². The third-order valence-electron chi connectivity index (χ3n) is 7.30. The standard InChI is InChI=1S/C29H32N4S/c1-6-20-10-13-22(14-11-20)33-27(26(31-28(33)34)24-9-7-8-16-30-24)21-12-15-25-23(17-21)19(2)18-29(3,4)32(25)5/h7-18,26-27H,6H2,1-5H3,(H,31,34). The molecule has 2 atom stereocenters. The van der Waals surface area contributed by atoms with Crippen LogP contribution in [0.1, 0.15) is 62.2 Å². The lowest BCUT2D eigenvalue weighted by Crippen LogP contribution is -2.42. The van der Waals surface area contributed by atoms with Crippen molar-refractivity contribution in [2.75, 3.05) is 16.8 Å². The highest BCUT2D eigenvalue weighted by molar-refractivity contribution is 7.80. The van der Waals surface area contributed by atoms with Crippen LogP contribution in [0, 0.1) is 0 Å². The lowest BCUT2D eigenvalue weighted by atomic mass is 9.86. The summed E-state index contributed by atoms with van der Waals surface area (Å²) in [6, 6.07) is 21.6. The molecule has 2 aliphatic rings. The number of pyridine rings is 1. The number of allylic oxidation sites excluding steroid dienone is 1. The minimum Gasteiger partial charge on any atom is -0.366 e. The van der Waals surface area contributed by atoms with Crippen LogP contribution in [0.4, 0.5) is 11.4 Å². The number of hydrogen-bond acceptors (Lipinski definition) is 3. The van der Waals surface area contributed by atoms with Gasteiger partial charge >= 0.3 is 0 Å².